The second kappa shape index (κ2) is 3.44. The fourth-order valence-electron chi connectivity index (χ4n) is 1.10. The summed E-state index contributed by atoms with van der Waals surface area (Å²) in [5.41, 5.74) is 3.26. The summed E-state index contributed by atoms with van der Waals surface area (Å²) in [6, 6.07) is 5.60. The molecule has 0 atom stereocenters. The molecule has 0 saturated heterocycles. The molecule has 0 unspecified atom stereocenters. The van der Waals surface area contributed by atoms with Gasteiger partial charge in [-0.25, -0.2) is 0 Å². The molecule has 64 valence electrons. The van der Waals surface area contributed by atoms with Gasteiger partial charge in [0, 0.05) is 5.56 Å². The quantitative estimate of drug-likeness (QED) is 0.672. The molecule has 0 heterocycles. The third kappa shape index (κ3) is 2.12. The maximum absolute atomic E-state index is 9.44. The number of phenols is 1. The zero-order valence-electron chi connectivity index (χ0n) is 7.76. The third-order valence-electron chi connectivity index (χ3n) is 1.63. The lowest BCUT2D eigenvalue weighted by atomic mass is 10.1. The van der Waals surface area contributed by atoms with E-state index >= 15 is 0 Å². The summed E-state index contributed by atoms with van der Waals surface area (Å²) in [6.07, 6.45) is 1.97. The van der Waals surface area contributed by atoms with Gasteiger partial charge in [-0.05, 0) is 32.9 Å². The van der Waals surface area contributed by atoms with Crippen molar-refractivity contribution in [1.82, 2.24) is 0 Å². The monoisotopic (exact) mass is 162 g/mol. The molecule has 1 rings (SSSR count). The summed E-state index contributed by atoms with van der Waals surface area (Å²) in [6.45, 7) is 6.05. The van der Waals surface area contributed by atoms with Crippen molar-refractivity contribution in [2.45, 2.75) is 20.8 Å². The van der Waals surface area contributed by atoms with Crippen molar-refractivity contribution in [3.05, 3.63) is 34.9 Å². The topological polar surface area (TPSA) is 20.2 Å². The Bertz CT molecular complexity index is 307. The van der Waals surface area contributed by atoms with Gasteiger partial charge >= 0.3 is 0 Å². The lowest BCUT2D eigenvalue weighted by Gasteiger charge is -2.00. The predicted octanol–water partition coefficient (Wildman–Crippen LogP) is 3.12. The van der Waals surface area contributed by atoms with Crippen LogP contribution in [-0.2, 0) is 0 Å². The summed E-state index contributed by atoms with van der Waals surface area (Å²) in [4.78, 5) is 0. The minimum absolute atomic E-state index is 0.349. The van der Waals surface area contributed by atoms with Crippen LogP contribution in [0.1, 0.15) is 25.0 Å². The Morgan fingerprint density at radius 1 is 1.33 bits per heavy atom. The number of hydrogen-bond donors (Lipinski definition) is 1. The van der Waals surface area contributed by atoms with Crippen molar-refractivity contribution < 1.29 is 5.11 Å². The van der Waals surface area contributed by atoms with E-state index in [1.54, 1.807) is 6.07 Å². The average molecular weight is 162 g/mol. The standard InChI is InChI=1S/C11H14O/c1-8(2)6-10-7-9(3)4-5-11(10)12/h4-7,12H,1-3H3. The van der Waals surface area contributed by atoms with Gasteiger partial charge in [-0.15, -0.1) is 0 Å². The van der Waals surface area contributed by atoms with E-state index in [1.807, 2.05) is 39.0 Å². The van der Waals surface area contributed by atoms with Crippen molar-refractivity contribution in [2.24, 2.45) is 0 Å². The molecule has 0 amide bonds. The predicted molar refractivity (Wildman–Crippen MR) is 52.2 cm³/mol. The second-order valence-electron chi connectivity index (χ2n) is 3.28. The summed E-state index contributed by atoms with van der Waals surface area (Å²) < 4.78 is 0. The van der Waals surface area contributed by atoms with E-state index in [0.29, 0.717) is 5.75 Å². The Balaban J connectivity index is 3.14. The molecule has 0 aliphatic rings. The highest BCUT2D eigenvalue weighted by Crippen LogP contribution is 2.20. The van der Waals surface area contributed by atoms with Crippen LogP contribution in [0.4, 0.5) is 0 Å². The van der Waals surface area contributed by atoms with E-state index in [-0.39, 0.29) is 0 Å². The molecule has 12 heavy (non-hydrogen) atoms. The largest absolute Gasteiger partial charge is 0.507 e. The minimum Gasteiger partial charge on any atom is -0.507 e. The molecule has 1 heteroatoms. The van der Waals surface area contributed by atoms with Crippen LogP contribution in [0.3, 0.4) is 0 Å². The number of phenolic OH excluding ortho intramolecular Hbond substituents is 1. The van der Waals surface area contributed by atoms with E-state index in [2.05, 4.69) is 0 Å². The fourth-order valence-corrected chi connectivity index (χ4v) is 1.10. The molecule has 0 aromatic heterocycles. The molecule has 1 nitrogen and oxygen atoms in total. The average Bonchev–Trinajstić information content (AvgIpc) is 1.96. The first kappa shape index (κ1) is 8.85. The van der Waals surface area contributed by atoms with Crippen LogP contribution in [0, 0.1) is 6.92 Å². The molecular weight excluding hydrogens is 148 g/mol. The molecular formula is C11H14O. The first-order valence-electron chi connectivity index (χ1n) is 4.04. The van der Waals surface area contributed by atoms with Gasteiger partial charge in [0.2, 0.25) is 0 Å². The number of rotatable bonds is 1. The van der Waals surface area contributed by atoms with Crippen molar-refractivity contribution in [3.8, 4) is 5.75 Å². The smallest absolute Gasteiger partial charge is 0.122 e. The van der Waals surface area contributed by atoms with Gasteiger partial charge in [-0.1, -0.05) is 23.3 Å². The van der Waals surface area contributed by atoms with Crippen LogP contribution in [0.15, 0.2) is 23.8 Å². The van der Waals surface area contributed by atoms with Gasteiger partial charge in [0.05, 0.1) is 0 Å². The van der Waals surface area contributed by atoms with E-state index in [0.717, 1.165) is 5.56 Å². The molecule has 0 radical (unpaired) electrons. The Morgan fingerprint density at radius 2 is 2.00 bits per heavy atom. The maximum Gasteiger partial charge on any atom is 0.122 e. The Labute approximate surface area is 73.4 Å². The van der Waals surface area contributed by atoms with Gasteiger partial charge in [0.25, 0.3) is 0 Å². The van der Waals surface area contributed by atoms with E-state index in [1.165, 1.54) is 11.1 Å². The van der Waals surface area contributed by atoms with E-state index in [9.17, 15) is 5.11 Å². The lowest BCUT2D eigenvalue weighted by Crippen LogP contribution is -1.78. The highest BCUT2D eigenvalue weighted by molar-refractivity contribution is 5.59. The van der Waals surface area contributed by atoms with Gasteiger partial charge in [0.1, 0.15) is 5.75 Å². The lowest BCUT2D eigenvalue weighted by molar-refractivity contribution is 0.474. The second-order valence-corrected chi connectivity index (χ2v) is 3.28. The molecule has 1 N–H and O–H groups in total. The SMILES string of the molecule is CC(C)=Cc1cc(C)ccc1O. The molecule has 0 saturated carbocycles. The van der Waals surface area contributed by atoms with Gasteiger partial charge in [-0.2, -0.15) is 0 Å². The highest BCUT2D eigenvalue weighted by Gasteiger charge is 1.96. The van der Waals surface area contributed by atoms with Crippen LogP contribution < -0.4 is 0 Å². The zero-order chi connectivity index (χ0) is 9.14. The first-order valence-corrected chi connectivity index (χ1v) is 4.04. The summed E-state index contributed by atoms with van der Waals surface area (Å²) in [7, 11) is 0. The van der Waals surface area contributed by atoms with Crippen molar-refractivity contribution in [2.75, 3.05) is 0 Å². The molecule has 0 aliphatic heterocycles. The van der Waals surface area contributed by atoms with Crippen molar-refractivity contribution >= 4 is 6.08 Å². The summed E-state index contributed by atoms with van der Waals surface area (Å²) in [5, 5.41) is 9.44. The maximum atomic E-state index is 9.44. The van der Waals surface area contributed by atoms with E-state index < -0.39 is 0 Å². The third-order valence-corrected chi connectivity index (χ3v) is 1.63. The van der Waals surface area contributed by atoms with Crippen molar-refractivity contribution in [1.29, 1.82) is 0 Å². The number of hydrogen-bond acceptors (Lipinski definition) is 1. The number of aryl methyl sites for hydroxylation is 1. The Hall–Kier alpha value is -1.24. The van der Waals surface area contributed by atoms with Crippen LogP contribution in [0.25, 0.3) is 6.08 Å². The number of benzene rings is 1. The van der Waals surface area contributed by atoms with Crippen LogP contribution >= 0.6 is 0 Å². The number of aromatic hydroxyl groups is 1. The zero-order valence-corrected chi connectivity index (χ0v) is 7.76. The van der Waals surface area contributed by atoms with Crippen LogP contribution in [-0.4, -0.2) is 5.11 Å². The molecule has 1 aromatic carbocycles. The molecule has 1 aromatic rings. The first-order chi connectivity index (χ1) is 5.59. The molecule has 0 spiro atoms. The molecule has 0 bridgehead atoms. The van der Waals surface area contributed by atoms with Crippen molar-refractivity contribution in [3.63, 3.8) is 0 Å². The Morgan fingerprint density at radius 3 is 2.58 bits per heavy atom. The minimum atomic E-state index is 0.349. The van der Waals surface area contributed by atoms with Crippen LogP contribution in [0.5, 0.6) is 5.75 Å². The van der Waals surface area contributed by atoms with E-state index in [4.69, 9.17) is 0 Å². The van der Waals surface area contributed by atoms with Crippen LogP contribution in [0.2, 0.25) is 0 Å². The summed E-state index contributed by atoms with van der Waals surface area (Å²) >= 11 is 0. The normalized spacial score (nSPS) is 9.58. The van der Waals surface area contributed by atoms with Gasteiger partial charge in [0.15, 0.2) is 0 Å². The number of allylic oxidation sites excluding steroid dienone is 1. The summed E-state index contributed by atoms with van der Waals surface area (Å²) in [5.74, 6) is 0.349. The van der Waals surface area contributed by atoms with Gasteiger partial charge in [-0.3, -0.25) is 0 Å². The highest BCUT2D eigenvalue weighted by atomic mass is 16.3. The molecule has 0 aliphatic carbocycles. The molecule has 0 fully saturated rings. The van der Waals surface area contributed by atoms with Gasteiger partial charge < -0.3 is 5.11 Å². The fraction of sp³-hybridized carbons (Fsp3) is 0.273. The Kier molecular flexibility index (Phi) is 2.54.